The third-order valence-electron chi connectivity index (χ3n) is 13.1. The van der Waals surface area contributed by atoms with Gasteiger partial charge in [0.15, 0.2) is 11.6 Å². The number of aryl methyl sites for hydroxylation is 4. The highest BCUT2D eigenvalue weighted by Crippen LogP contribution is 2.49. The average molecular weight is 737 g/mol. The molecule has 0 spiro atoms. The summed E-state index contributed by atoms with van der Waals surface area (Å²) in [6, 6.07) is 24.6. The Balaban J connectivity index is 1.23. The second kappa shape index (κ2) is 12.2. The summed E-state index contributed by atoms with van der Waals surface area (Å²) in [6.45, 7) is 0. The fourth-order valence-electron chi connectivity index (χ4n) is 10.7. The smallest absolute Gasteiger partial charge is 0.194 e. The number of methoxy groups -OCH3 is 4. The molecule has 3 aliphatic rings. The van der Waals surface area contributed by atoms with Crippen molar-refractivity contribution in [2.24, 2.45) is 0 Å². The fraction of sp³-hybridized carbons (Fsp3) is 0.240. The molecule has 3 aliphatic carbocycles. The van der Waals surface area contributed by atoms with Gasteiger partial charge in [0.05, 0.1) is 28.4 Å². The topological polar surface area (TPSA) is 71.1 Å². The Morgan fingerprint density at radius 2 is 0.571 bits per heavy atom. The highest BCUT2D eigenvalue weighted by molar-refractivity contribution is 6.36. The maximum Gasteiger partial charge on any atom is 0.194 e. The average Bonchev–Trinajstić information content (AvgIpc) is 3.22. The molecule has 276 valence electrons. The SMILES string of the molecule is COc1ccc2c3cc4c(cc3c3ccc(OC)c5c3c2c1CCCC5)C(=O)c1cc2c(cc1C4=O)c1ccc(OC)c3c1c1c(c(OC)ccc21)CCCC3. The van der Waals surface area contributed by atoms with Crippen LogP contribution in [0.3, 0.4) is 0 Å². The van der Waals surface area contributed by atoms with E-state index >= 15 is 0 Å². The van der Waals surface area contributed by atoms with Crippen molar-refractivity contribution in [3.63, 3.8) is 0 Å². The van der Waals surface area contributed by atoms with Crippen molar-refractivity contribution >= 4 is 76.2 Å². The van der Waals surface area contributed by atoms with Crippen LogP contribution >= 0.6 is 0 Å². The normalized spacial score (nSPS) is 15.0. The van der Waals surface area contributed by atoms with Crippen LogP contribution in [0.15, 0.2) is 72.8 Å². The van der Waals surface area contributed by atoms with E-state index < -0.39 is 0 Å². The van der Waals surface area contributed by atoms with Gasteiger partial charge in [0.1, 0.15) is 23.0 Å². The van der Waals surface area contributed by atoms with Gasteiger partial charge in [0.25, 0.3) is 0 Å². The Labute approximate surface area is 323 Å². The van der Waals surface area contributed by atoms with E-state index in [-0.39, 0.29) is 11.6 Å². The zero-order valence-corrected chi connectivity index (χ0v) is 32.0. The molecule has 0 aliphatic heterocycles. The number of fused-ring (bicyclic) bond motifs is 8. The number of ketones is 2. The van der Waals surface area contributed by atoms with Gasteiger partial charge < -0.3 is 18.9 Å². The van der Waals surface area contributed by atoms with Gasteiger partial charge in [-0.15, -0.1) is 0 Å². The summed E-state index contributed by atoms with van der Waals surface area (Å²) in [4.78, 5) is 29.9. The van der Waals surface area contributed by atoms with Crippen LogP contribution in [-0.4, -0.2) is 40.0 Å². The third kappa shape index (κ3) is 4.33. The van der Waals surface area contributed by atoms with Crippen molar-refractivity contribution < 1.29 is 28.5 Å². The lowest BCUT2D eigenvalue weighted by Gasteiger charge is -2.25. The summed E-state index contributed by atoms with van der Waals surface area (Å²) in [5.74, 6) is 3.23. The van der Waals surface area contributed by atoms with E-state index in [1.807, 2.05) is 24.3 Å². The summed E-state index contributed by atoms with van der Waals surface area (Å²) in [7, 11) is 6.93. The number of benzene rings is 8. The molecule has 8 aromatic carbocycles. The maximum absolute atomic E-state index is 14.9. The molecule has 0 aromatic heterocycles. The van der Waals surface area contributed by atoms with Crippen molar-refractivity contribution in [3.05, 3.63) is 117 Å². The van der Waals surface area contributed by atoms with Crippen LogP contribution in [0.4, 0.5) is 0 Å². The van der Waals surface area contributed by atoms with Gasteiger partial charge in [-0.1, -0.05) is 24.3 Å². The van der Waals surface area contributed by atoms with Crippen LogP contribution in [-0.2, 0) is 25.7 Å². The zero-order chi connectivity index (χ0) is 38.0. The van der Waals surface area contributed by atoms with E-state index in [2.05, 4.69) is 48.5 Å². The minimum atomic E-state index is -0.129. The Morgan fingerprint density at radius 1 is 0.339 bits per heavy atom. The molecular formula is C50H40O6. The Morgan fingerprint density at radius 3 is 0.786 bits per heavy atom. The first kappa shape index (κ1) is 33.2. The van der Waals surface area contributed by atoms with Crippen molar-refractivity contribution in [1.29, 1.82) is 0 Å². The van der Waals surface area contributed by atoms with E-state index in [1.54, 1.807) is 28.4 Å². The fourth-order valence-corrected chi connectivity index (χ4v) is 10.7. The standard InChI is InChI=1S/C50H40O6/c1-53-41-17-13-25-33-21-37-38(22-34(33)26-14-18-42(54-2)30-10-6-5-9-29(41)45(25)46(26)30)50(52)40-24-36-28-16-20-44(56-4)32-12-8-7-11-31-43(55-3)19-15-27(47(31)48(28)32)35(36)23-39(40)49(37)51/h13-24H,5-12H2,1-4H3. The molecule has 11 rings (SSSR count). The minimum Gasteiger partial charge on any atom is -0.496 e. The van der Waals surface area contributed by atoms with Gasteiger partial charge in [-0.05, 0) is 165 Å². The van der Waals surface area contributed by atoms with Gasteiger partial charge >= 0.3 is 0 Å². The summed E-state index contributed by atoms with van der Waals surface area (Å²) in [5.41, 5.74) is 6.50. The van der Waals surface area contributed by atoms with Crippen molar-refractivity contribution in [2.45, 2.75) is 51.4 Å². The first-order valence-electron chi connectivity index (χ1n) is 19.7. The lowest BCUT2D eigenvalue weighted by molar-refractivity contribution is 0.0979. The van der Waals surface area contributed by atoms with Crippen LogP contribution in [0.1, 0.15) is 79.8 Å². The van der Waals surface area contributed by atoms with Crippen LogP contribution < -0.4 is 18.9 Å². The van der Waals surface area contributed by atoms with Gasteiger partial charge in [0.2, 0.25) is 0 Å². The molecule has 0 radical (unpaired) electrons. The molecule has 0 fully saturated rings. The van der Waals surface area contributed by atoms with Gasteiger partial charge in [-0.25, -0.2) is 0 Å². The van der Waals surface area contributed by atoms with Crippen molar-refractivity contribution in [3.8, 4) is 23.0 Å². The second-order valence-corrected chi connectivity index (χ2v) is 15.6. The van der Waals surface area contributed by atoms with Crippen molar-refractivity contribution in [1.82, 2.24) is 0 Å². The van der Waals surface area contributed by atoms with E-state index in [4.69, 9.17) is 18.9 Å². The van der Waals surface area contributed by atoms with Crippen molar-refractivity contribution in [2.75, 3.05) is 28.4 Å². The zero-order valence-electron chi connectivity index (χ0n) is 32.0. The summed E-state index contributed by atoms with van der Waals surface area (Å²) in [5, 5.41) is 12.6. The number of carbonyl (C=O) groups is 2. The molecule has 8 aromatic rings. The molecule has 0 atom stereocenters. The molecule has 0 unspecified atom stereocenters. The number of ether oxygens (including phenoxy) is 4. The van der Waals surface area contributed by atoms with Gasteiger partial charge in [0, 0.05) is 44.5 Å². The molecule has 0 heterocycles. The molecule has 0 amide bonds. The molecule has 6 nitrogen and oxygen atoms in total. The molecule has 0 saturated carbocycles. The predicted octanol–water partition coefficient (Wildman–Crippen LogP) is 11.2. The Kier molecular flexibility index (Phi) is 7.22. The Bertz CT molecular complexity index is 2700. The first-order valence-corrected chi connectivity index (χ1v) is 19.7. The highest BCUT2D eigenvalue weighted by atomic mass is 16.5. The minimum absolute atomic E-state index is 0.129. The first-order chi connectivity index (χ1) is 27.4. The van der Waals surface area contributed by atoms with E-state index in [1.165, 1.54) is 22.3 Å². The molecule has 0 N–H and O–H groups in total. The van der Waals surface area contributed by atoms with E-state index in [0.29, 0.717) is 22.3 Å². The van der Waals surface area contributed by atoms with Crippen LogP contribution in [0.25, 0.3) is 64.6 Å². The second-order valence-electron chi connectivity index (χ2n) is 15.6. The number of hydrogen-bond donors (Lipinski definition) is 0. The summed E-state index contributed by atoms with van der Waals surface area (Å²) < 4.78 is 23.8. The highest BCUT2D eigenvalue weighted by Gasteiger charge is 2.33. The lowest BCUT2D eigenvalue weighted by atomic mass is 9.78. The number of rotatable bonds is 4. The number of carbonyl (C=O) groups excluding carboxylic acids is 2. The van der Waals surface area contributed by atoms with Crippen LogP contribution in [0, 0.1) is 0 Å². The van der Waals surface area contributed by atoms with E-state index in [0.717, 1.165) is 139 Å². The summed E-state index contributed by atoms with van der Waals surface area (Å²) >= 11 is 0. The van der Waals surface area contributed by atoms with Gasteiger partial charge in [-0.3, -0.25) is 9.59 Å². The predicted molar refractivity (Wildman–Crippen MR) is 224 cm³/mol. The third-order valence-corrected chi connectivity index (χ3v) is 13.1. The van der Waals surface area contributed by atoms with Crippen LogP contribution in [0.2, 0.25) is 0 Å². The molecule has 56 heavy (non-hydrogen) atoms. The van der Waals surface area contributed by atoms with Gasteiger partial charge in [-0.2, -0.15) is 0 Å². The maximum atomic E-state index is 14.9. The monoisotopic (exact) mass is 736 g/mol. The lowest BCUT2D eigenvalue weighted by Crippen LogP contribution is -2.21. The number of hydrogen-bond acceptors (Lipinski definition) is 6. The van der Waals surface area contributed by atoms with Crippen LogP contribution in [0.5, 0.6) is 23.0 Å². The molecular weight excluding hydrogens is 697 g/mol. The van der Waals surface area contributed by atoms with E-state index in [9.17, 15) is 9.59 Å². The Hall–Kier alpha value is -6.14. The summed E-state index contributed by atoms with van der Waals surface area (Å²) in [6.07, 6.45) is 7.69. The quantitative estimate of drug-likeness (QED) is 0.168. The molecule has 0 bridgehead atoms. The largest absolute Gasteiger partial charge is 0.496 e. The molecule has 0 saturated heterocycles. The molecule has 6 heteroatoms.